The van der Waals surface area contributed by atoms with Crippen molar-refractivity contribution in [1.82, 2.24) is 14.5 Å². The minimum absolute atomic E-state index is 0.205. The topological polar surface area (TPSA) is 88.0 Å². The summed E-state index contributed by atoms with van der Waals surface area (Å²) in [7, 11) is 0. The molecule has 0 fully saturated rings. The number of aromatic carboxylic acids is 1. The van der Waals surface area contributed by atoms with Gasteiger partial charge in [0, 0.05) is 34.3 Å². The highest BCUT2D eigenvalue weighted by atomic mass is 35.5. The summed E-state index contributed by atoms with van der Waals surface area (Å²) in [5, 5.41) is 10.2. The van der Waals surface area contributed by atoms with E-state index in [9.17, 15) is 9.59 Å². The quantitative estimate of drug-likeness (QED) is 0.244. The van der Waals surface area contributed by atoms with Crippen molar-refractivity contribution >= 4 is 29.2 Å². The van der Waals surface area contributed by atoms with Crippen LogP contribution in [-0.4, -0.2) is 25.6 Å². The average molecular weight is 530 g/mol. The van der Waals surface area contributed by atoms with Gasteiger partial charge in [-0.2, -0.15) is 0 Å². The standard InChI is InChI=1S/C29H21Cl2N3O3/c30-22-10-11-24(31)23(16-22)21-12-13-34(27(35)15-21)26(14-18-4-2-1-3-5-18)28-32-17-25(33-28)19-6-8-20(9-7-19)29(36)37/h1-13,15-17,26H,14H2,(H,32,33)(H,36,37)/t26-/m0/s1. The van der Waals surface area contributed by atoms with Gasteiger partial charge < -0.3 is 14.7 Å². The number of hydrogen-bond acceptors (Lipinski definition) is 3. The van der Waals surface area contributed by atoms with E-state index in [2.05, 4.69) is 9.97 Å². The van der Waals surface area contributed by atoms with Crippen LogP contribution in [0.5, 0.6) is 0 Å². The summed E-state index contributed by atoms with van der Waals surface area (Å²) in [6.45, 7) is 0. The molecule has 184 valence electrons. The Morgan fingerprint density at radius 1 is 0.946 bits per heavy atom. The fraction of sp³-hybridized carbons (Fsp3) is 0.0690. The SMILES string of the molecule is O=C(O)c1ccc(-c2cnc([C@H](Cc3ccccc3)n3ccc(-c4cc(Cl)ccc4Cl)cc3=O)[nH]2)cc1. The number of pyridine rings is 1. The molecule has 0 bridgehead atoms. The summed E-state index contributed by atoms with van der Waals surface area (Å²) in [6, 6.07) is 24.5. The number of carbonyl (C=O) groups is 1. The molecule has 0 unspecified atom stereocenters. The summed E-state index contributed by atoms with van der Waals surface area (Å²) < 4.78 is 1.64. The molecule has 0 saturated heterocycles. The van der Waals surface area contributed by atoms with E-state index in [-0.39, 0.29) is 11.1 Å². The van der Waals surface area contributed by atoms with Gasteiger partial charge in [-0.3, -0.25) is 4.79 Å². The molecular weight excluding hydrogens is 509 g/mol. The number of rotatable bonds is 7. The maximum Gasteiger partial charge on any atom is 0.335 e. The molecule has 0 saturated carbocycles. The molecule has 37 heavy (non-hydrogen) atoms. The zero-order valence-corrected chi connectivity index (χ0v) is 20.9. The first-order chi connectivity index (χ1) is 17.9. The Balaban J connectivity index is 1.54. The number of imidazole rings is 1. The smallest absolute Gasteiger partial charge is 0.335 e. The number of carboxylic acid groups (broad SMARTS) is 1. The van der Waals surface area contributed by atoms with Crippen molar-refractivity contribution in [3.8, 4) is 22.4 Å². The summed E-state index contributed by atoms with van der Waals surface area (Å²) in [5.74, 6) is -0.376. The Labute approximate surface area is 222 Å². The second kappa shape index (κ2) is 10.5. The summed E-state index contributed by atoms with van der Waals surface area (Å²) in [4.78, 5) is 32.5. The molecule has 8 heteroatoms. The third-order valence-electron chi connectivity index (χ3n) is 6.15. The lowest BCUT2D eigenvalue weighted by atomic mass is 10.0. The van der Waals surface area contributed by atoms with Crippen molar-refractivity contribution < 1.29 is 9.90 Å². The van der Waals surface area contributed by atoms with Crippen molar-refractivity contribution in [2.24, 2.45) is 0 Å². The van der Waals surface area contributed by atoms with Crippen LogP contribution >= 0.6 is 23.2 Å². The van der Waals surface area contributed by atoms with Gasteiger partial charge in [0.05, 0.1) is 23.5 Å². The number of nitrogens with zero attached hydrogens (tertiary/aromatic N) is 2. The molecule has 0 spiro atoms. The van der Waals surface area contributed by atoms with E-state index in [4.69, 9.17) is 28.3 Å². The van der Waals surface area contributed by atoms with Crippen LogP contribution < -0.4 is 5.56 Å². The van der Waals surface area contributed by atoms with E-state index in [1.54, 1.807) is 65.5 Å². The number of halogens is 2. The monoisotopic (exact) mass is 529 g/mol. The van der Waals surface area contributed by atoms with Gasteiger partial charge in [0.15, 0.2) is 0 Å². The number of hydrogen-bond donors (Lipinski definition) is 2. The van der Waals surface area contributed by atoms with E-state index in [0.29, 0.717) is 33.4 Å². The fourth-order valence-corrected chi connectivity index (χ4v) is 4.64. The number of aromatic nitrogens is 3. The van der Waals surface area contributed by atoms with Crippen molar-refractivity contribution in [2.45, 2.75) is 12.5 Å². The van der Waals surface area contributed by atoms with Crippen molar-refractivity contribution in [3.63, 3.8) is 0 Å². The maximum atomic E-state index is 13.4. The minimum atomic E-state index is -0.985. The lowest BCUT2D eigenvalue weighted by Gasteiger charge is -2.19. The lowest BCUT2D eigenvalue weighted by Crippen LogP contribution is -2.27. The van der Waals surface area contributed by atoms with E-state index in [0.717, 1.165) is 16.8 Å². The molecule has 2 N–H and O–H groups in total. The number of carboxylic acids is 1. The van der Waals surface area contributed by atoms with Gasteiger partial charge in [-0.1, -0.05) is 65.7 Å². The largest absolute Gasteiger partial charge is 0.478 e. The predicted octanol–water partition coefficient (Wildman–Crippen LogP) is 6.74. The molecule has 6 nitrogen and oxygen atoms in total. The van der Waals surface area contributed by atoms with Gasteiger partial charge in [-0.05, 0) is 53.1 Å². The molecule has 2 aromatic heterocycles. The van der Waals surface area contributed by atoms with E-state index >= 15 is 0 Å². The summed E-state index contributed by atoms with van der Waals surface area (Å²) >= 11 is 12.5. The normalized spacial score (nSPS) is 11.8. The molecule has 0 aliphatic rings. The van der Waals surface area contributed by atoms with Crippen LogP contribution in [0.4, 0.5) is 0 Å². The molecule has 1 atom stereocenters. The Morgan fingerprint density at radius 2 is 1.70 bits per heavy atom. The van der Waals surface area contributed by atoms with Crippen LogP contribution in [0.1, 0.15) is 27.8 Å². The molecule has 2 heterocycles. The Morgan fingerprint density at radius 3 is 2.41 bits per heavy atom. The first kappa shape index (κ1) is 24.6. The second-order valence-corrected chi connectivity index (χ2v) is 9.40. The Kier molecular flexibility index (Phi) is 6.95. The molecule has 0 amide bonds. The van der Waals surface area contributed by atoms with Crippen molar-refractivity contribution in [2.75, 3.05) is 0 Å². The zero-order chi connectivity index (χ0) is 25.9. The maximum absolute atomic E-state index is 13.4. The first-order valence-electron chi connectivity index (χ1n) is 11.5. The third-order valence-corrected chi connectivity index (χ3v) is 6.71. The van der Waals surface area contributed by atoms with Gasteiger partial charge in [0.2, 0.25) is 0 Å². The van der Waals surface area contributed by atoms with E-state index in [1.165, 1.54) is 0 Å². The number of H-pyrrole nitrogens is 1. The van der Waals surface area contributed by atoms with Crippen LogP contribution in [0.2, 0.25) is 10.0 Å². The van der Waals surface area contributed by atoms with Gasteiger partial charge >= 0.3 is 5.97 Å². The van der Waals surface area contributed by atoms with Crippen LogP contribution in [0.3, 0.4) is 0 Å². The zero-order valence-electron chi connectivity index (χ0n) is 19.4. The third kappa shape index (κ3) is 5.35. The number of nitrogens with one attached hydrogen (secondary N) is 1. The summed E-state index contributed by atoms with van der Waals surface area (Å²) in [5.41, 5.74) is 3.91. The van der Waals surface area contributed by atoms with Gasteiger partial charge in [0.25, 0.3) is 5.56 Å². The first-order valence-corrected chi connectivity index (χ1v) is 12.2. The Bertz CT molecular complexity index is 1630. The minimum Gasteiger partial charge on any atom is -0.478 e. The van der Waals surface area contributed by atoms with E-state index in [1.807, 2.05) is 36.4 Å². The van der Waals surface area contributed by atoms with E-state index < -0.39 is 12.0 Å². The molecule has 3 aromatic carbocycles. The lowest BCUT2D eigenvalue weighted by molar-refractivity contribution is 0.0697. The Hall–Kier alpha value is -4.13. The molecule has 0 radical (unpaired) electrons. The summed E-state index contributed by atoms with van der Waals surface area (Å²) in [6.07, 6.45) is 3.96. The second-order valence-electron chi connectivity index (χ2n) is 8.56. The molecule has 5 aromatic rings. The van der Waals surface area contributed by atoms with Crippen LogP contribution in [0.15, 0.2) is 102 Å². The highest BCUT2D eigenvalue weighted by Gasteiger charge is 2.20. The molecule has 5 rings (SSSR count). The average Bonchev–Trinajstić information content (AvgIpc) is 3.40. The predicted molar refractivity (Wildman–Crippen MR) is 145 cm³/mol. The molecule has 0 aliphatic carbocycles. The van der Waals surface area contributed by atoms with Crippen molar-refractivity contribution in [3.05, 3.63) is 135 Å². The van der Waals surface area contributed by atoms with Gasteiger partial charge in [-0.15, -0.1) is 0 Å². The van der Waals surface area contributed by atoms with Crippen molar-refractivity contribution in [1.29, 1.82) is 0 Å². The highest BCUT2D eigenvalue weighted by Crippen LogP contribution is 2.30. The molecular formula is C29H21Cl2N3O3. The van der Waals surface area contributed by atoms with Crippen LogP contribution in [-0.2, 0) is 6.42 Å². The van der Waals surface area contributed by atoms with Gasteiger partial charge in [0.1, 0.15) is 5.82 Å². The number of aromatic amines is 1. The van der Waals surface area contributed by atoms with Crippen LogP contribution in [0, 0.1) is 0 Å². The highest BCUT2D eigenvalue weighted by molar-refractivity contribution is 6.35. The van der Waals surface area contributed by atoms with Crippen LogP contribution in [0.25, 0.3) is 22.4 Å². The van der Waals surface area contributed by atoms with Gasteiger partial charge in [-0.25, -0.2) is 9.78 Å². The molecule has 0 aliphatic heterocycles. The fourth-order valence-electron chi connectivity index (χ4n) is 4.24. The number of benzene rings is 3.